The second-order valence-electron chi connectivity index (χ2n) is 4.86. The predicted molar refractivity (Wildman–Crippen MR) is 66.0 cm³/mol. The van der Waals surface area contributed by atoms with Crippen LogP contribution in [0, 0.1) is 5.92 Å². The van der Waals surface area contributed by atoms with E-state index in [9.17, 15) is 0 Å². The van der Waals surface area contributed by atoms with Crippen LogP contribution in [0.1, 0.15) is 52.4 Å². The van der Waals surface area contributed by atoms with Gasteiger partial charge in [0.15, 0.2) is 5.96 Å². The van der Waals surface area contributed by atoms with Gasteiger partial charge in [0.05, 0.1) is 0 Å². The first-order valence-electron chi connectivity index (χ1n) is 6.25. The van der Waals surface area contributed by atoms with Crippen LogP contribution in [-0.2, 0) is 0 Å². The second kappa shape index (κ2) is 6.70. The molecule has 1 aliphatic rings. The molecule has 0 unspecified atom stereocenters. The number of nitrogens with one attached hydrogen (secondary N) is 1. The van der Waals surface area contributed by atoms with E-state index in [4.69, 9.17) is 5.73 Å². The van der Waals surface area contributed by atoms with Crippen LogP contribution in [0.15, 0.2) is 4.99 Å². The molecule has 0 amide bonds. The van der Waals surface area contributed by atoms with E-state index in [1.54, 1.807) is 0 Å². The smallest absolute Gasteiger partial charge is 0.188 e. The van der Waals surface area contributed by atoms with Gasteiger partial charge in [-0.2, -0.15) is 0 Å². The molecule has 3 N–H and O–H groups in total. The molecule has 1 rings (SSSR count). The number of nitrogens with two attached hydrogens (primary N) is 1. The maximum Gasteiger partial charge on any atom is 0.188 e. The number of rotatable bonds is 5. The number of hydrogen-bond acceptors (Lipinski definition) is 1. The van der Waals surface area contributed by atoms with E-state index >= 15 is 0 Å². The van der Waals surface area contributed by atoms with Crippen molar-refractivity contribution < 1.29 is 0 Å². The fraction of sp³-hybridized carbons (Fsp3) is 0.917. The van der Waals surface area contributed by atoms with Gasteiger partial charge < -0.3 is 11.1 Å². The molecule has 88 valence electrons. The molecule has 3 nitrogen and oxygen atoms in total. The van der Waals surface area contributed by atoms with E-state index in [2.05, 4.69) is 24.2 Å². The fourth-order valence-corrected chi connectivity index (χ4v) is 2.22. The third-order valence-electron chi connectivity index (χ3n) is 2.96. The van der Waals surface area contributed by atoms with E-state index in [0.29, 0.717) is 12.0 Å². The summed E-state index contributed by atoms with van der Waals surface area (Å²) in [6.45, 7) is 5.02. The lowest BCUT2D eigenvalue weighted by Crippen LogP contribution is -2.36. The van der Waals surface area contributed by atoms with Gasteiger partial charge >= 0.3 is 0 Å². The first kappa shape index (κ1) is 12.3. The Morgan fingerprint density at radius 2 is 2.07 bits per heavy atom. The number of guanidine groups is 1. The molecule has 1 aliphatic carbocycles. The summed E-state index contributed by atoms with van der Waals surface area (Å²) in [5, 5.41) is 3.10. The Morgan fingerprint density at radius 1 is 1.40 bits per heavy atom. The second-order valence-corrected chi connectivity index (χ2v) is 4.86. The Labute approximate surface area is 93.5 Å². The summed E-state index contributed by atoms with van der Waals surface area (Å²) in [7, 11) is 0. The molecule has 0 spiro atoms. The highest BCUT2D eigenvalue weighted by atomic mass is 15.1. The van der Waals surface area contributed by atoms with Crippen LogP contribution in [0.2, 0.25) is 0 Å². The molecule has 0 aromatic carbocycles. The molecule has 1 fully saturated rings. The first-order chi connectivity index (χ1) is 7.18. The summed E-state index contributed by atoms with van der Waals surface area (Å²) in [6.07, 6.45) is 8.26. The molecular formula is C12H25N3. The summed E-state index contributed by atoms with van der Waals surface area (Å²) in [4.78, 5) is 4.31. The minimum atomic E-state index is 0.378. The molecule has 15 heavy (non-hydrogen) atoms. The molecule has 0 radical (unpaired) electrons. The lowest BCUT2D eigenvalue weighted by Gasteiger charge is -2.09. The van der Waals surface area contributed by atoms with E-state index in [1.807, 2.05) is 0 Å². The van der Waals surface area contributed by atoms with Crippen molar-refractivity contribution in [3.63, 3.8) is 0 Å². The van der Waals surface area contributed by atoms with Crippen LogP contribution < -0.4 is 11.1 Å². The molecule has 0 saturated heterocycles. The zero-order valence-corrected chi connectivity index (χ0v) is 10.1. The normalized spacial score (nSPS) is 18.7. The SMILES string of the molecule is CC(C)NC(N)=NCCCC1CCCC1. The highest BCUT2D eigenvalue weighted by Gasteiger charge is 2.13. The first-order valence-corrected chi connectivity index (χ1v) is 6.25. The molecule has 0 aromatic heterocycles. The summed E-state index contributed by atoms with van der Waals surface area (Å²) in [6, 6.07) is 0.378. The van der Waals surface area contributed by atoms with Gasteiger partial charge in [0.1, 0.15) is 0 Å². The van der Waals surface area contributed by atoms with Crippen molar-refractivity contribution in [2.45, 2.75) is 58.4 Å². The van der Waals surface area contributed by atoms with Crippen molar-refractivity contribution in [2.24, 2.45) is 16.6 Å². The van der Waals surface area contributed by atoms with E-state index < -0.39 is 0 Å². The van der Waals surface area contributed by atoms with Crippen LogP contribution in [0.5, 0.6) is 0 Å². The van der Waals surface area contributed by atoms with Crippen LogP contribution in [-0.4, -0.2) is 18.5 Å². The topological polar surface area (TPSA) is 50.4 Å². The number of hydrogen-bond donors (Lipinski definition) is 2. The Morgan fingerprint density at radius 3 is 2.67 bits per heavy atom. The molecule has 0 heterocycles. The van der Waals surface area contributed by atoms with Crippen molar-refractivity contribution in [1.82, 2.24) is 5.32 Å². The third kappa shape index (κ3) is 5.65. The summed E-state index contributed by atoms with van der Waals surface area (Å²) in [5.74, 6) is 1.57. The Kier molecular flexibility index (Phi) is 5.51. The molecular weight excluding hydrogens is 186 g/mol. The van der Waals surface area contributed by atoms with Gasteiger partial charge in [0, 0.05) is 12.6 Å². The molecule has 3 heteroatoms. The zero-order chi connectivity index (χ0) is 11.1. The largest absolute Gasteiger partial charge is 0.370 e. The minimum Gasteiger partial charge on any atom is -0.370 e. The molecule has 0 aliphatic heterocycles. The minimum absolute atomic E-state index is 0.378. The van der Waals surface area contributed by atoms with Gasteiger partial charge in [0.25, 0.3) is 0 Å². The summed E-state index contributed by atoms with van der Waals surface area (Å²) >= 11 is 0. The molecule has 0 aromatic rings. The molecule has 0 atom stereocenters. The monoisotopic (exact) mass is 211 g/mol. The number of nitrogens with zero attached hydrogens (tertiary/aromatic N) is 1. The van der Waals surface area contributed by atoms with E-state index in [1.165, 1.54) is 38.5 Å². The highest BCUT2D eigenvalue weighted by Crippen LogP contribution is 2.28. The van der Waals surface area contributed by atoms with Crippen molar-refractivity contribution in [2.75, 3.05) is 6.54 Å². The van der Waals surface area contributed by atoms with Crippen molar-refractivity contribution in [3.05, 3.63) is 0 Å². The van der Waals surface area contributed by atoms with Crippen LogP contribution in [0.25, 0.3) is 0 Å². The van der Waals surface area contributed by atoms with Crippen molar-refractivity contribution in [1.29, 1.82) is 0 Å². The standard InChI is InChI=1S/C12H25N3/c1-10(2)15-12(13)14-9-5-8-11-6-3-4-7-11/h10-11H,3-9H2,1-2H3,(H3,13,14,15). The fourth-order valence-electron chi connectivity index (χ4n) is 2.22. The predicted octanol–water partition coefficient (Wildman–Crippen LogP) is 2.27. The van der Waals surface area contributed by atoms with Crippen LogP contribution >= 0.6 is 0 Å². The van der Waals surface area contributed by atoms with Gasteiger partial charge in [-0.05, 0) is 32.6 Å². The maximum atomic E-state index is 5.71. The summed E-state index contributed by atoms with van der Waals surface area (Å²) < 4.78 is 0. The van der Waals surface area contributed by atoms with Gasteiger partial charge in [-0.3, -0.25) is 4.99 Å². The Hall–Kier alpha value is -0.730. The highest BCUT2D eigenvalue weighted by molar-refractivity contribution is 5.77. The zero-order valence-electron chi connectivity index (χ0n) is 10.1. The molecule has 0 bridgehead atoms. The van der Waals surface area contributed by atoms with Crippen LogP contribution in [0.4, 0.5) is 0 Å². The molecule has 1 saturated carbocycles. The van der Waals surface area contributed by atoms with Gasteiger partial charge in [0.2, 0.25) is 0 Å². The lowest BCUT2D eigenvalue weighted by atomic mass is 10.0. The summed E-state index contributed by atoms with van der Waals surface area (Å²) in [5.41, 5.74) is 5.71. The van der Waals surface area contributed by atoms with Crippen molar-refractivity contribution >= 4 is 5.96 Å². The average Bonchev–Trinajstić information content (AvgIpc) is 2.63. The lowest BCUT2D eigenvalue weighted by molar-refractivity contribution is 0.487. The third-order valence-corrected chi connectivity index (χ3v) is 2.96. The average molecular weight is 211 g/mol. The van der Waals surface area contributed by atoms with Gasteiger partial charge in [-0.25, -0.2) is 0 Å². The van der Waals surface area contributed by atoms with Gasteiger partial charge in [-0.1, -0.05) is 25.7 Å². The van der Waals surface area contributed by atoms with Gasteiger partial charge in [-0.15, -0.1) is 0 Å². The van der Waals surface area contributed by atoms with E-state index in [0.717, 1.165) is 12.5 Å². The number of aliphatic imine (C=N–C) groups is 1. The van der Waals surface area contributed by atoms with Crippen LogP contribution in [0.3, 0.4) is 0 Å². The van der Waals surface area contributed by atoms with E-state index in [-0.39, 0.29) is 0 Å². The Balaban J connectivity index is 2.04. The van der Waals surface area contributed by atoms with Crippen molar-refractivity contribution in [3.8, 4) is 0 Å². The Bertz CT molecular complexity index is 193. The maximum absolute atomic E-state index is 5.71. The quantitative estimate of drug-likeness (QED) is 0.416.